The molecular weight excluding hydrogens is 270 g/mol. The third-order valence-electron chi connectivity index (χ3n) is 2.25. The van der Waals surface area contributed by atoms with Gasteiger partial charge in [-0.15, -0.1) is 5.10 Å². The second-order valence-electron chi connectivity index (χ2n) is 3.49. The Morgan fingerprint density at radius 3 is 2.38 bits per heavy atom. The third-order valence-corrected chi connectivity index (χ3v) is 2.25. The van der Waals surface area contributed by atoms with Crippen LogP contribution in [0.25, 0.3) is 17.6 Å². The number of nitrogens with zero attached hydrogens (tertiary/aromatic N) is 3. The van der Waals surface area contributed by atoms with Crippen molar-refractivity contribution in [3.8, 4) is 11.5 Å². The predicted molar refractivity (Wildman–Crippen MR) is 85.0 cm³/mol. The Morgan fingerprint density at radius 2 is 1.90 bits per heavy atom. The molecule has 7 nitrogen and oxygen atoms in total. The lowest BCUT2D eigenvalue weighted by Gasteiger charge is -1.85. The SMILES string of the molecule is C/C=C\c1nc(-c2cc([N+](=O)[O-])[nH]n2)[nH]c1C.CC.CC. The molecule has 0 amide bonds. The van der Waals surface area contributed by atoms with Gasteiger partial charge in [0.2, 0.25) is 0 Å². The lowest BCUT2D eigenvalue weighted by Crippen LogP contribution is -1.86. The summed E-state index contributed by atoms with van der Waals surface area (Å²) in [6.07, 6.45) is 3.73. The minimum absolute atomic E-state index is 0.151. The number of aromatic amines is 2. The van der Waals surface area contributed by atoms with Crippen LogP contribution in [0.5, 0.6) is 0 Å². The maximum absolute atomic E-state index is 10.5. The standard InChI is InChI=1S/C10H11N5O2.2C2H6/c1-3-4-7-6(2)11-10(12-7)8-5-9(14-13-8)15(16)17;2*1-2/h3-5H,1-2H3,(H,11,12)(H,13,14);2*1-2H3/b4-3-;;. The summed E-state index contributed by atoms with van der Waals surface area (Å²) in [5, 5.41) is 16.7. The van der Waals surface area contributed by atoms with Crippen LogP contribution in [0.15, 0.2) is 12.1 Å². The van der Waals surface area contributed by atoms with Gasteiger partial charge in [0.05, 0.1) is 11.8 Å². The van der Waals surface area contributed by atoms with Gasteiger partial charge in [-0.05, 0) is 24.8 Å². The number of nitrogens with one attached hydrogen (secondary N) is 2. The van der Waals surface area contributed by atoms with E-state index in [1.54, 1.807) is 0 Å². The Bertz CT molecular complexity index is 584. The van der Waals surface area contributed by atoms with Crippen molar-refractivity contribution in [2.45, 2.75) is 41.5 Å². The average molecular weight is 293 g/mol. The molecule has 2 rings (SSSR count). The number of nitro groups is 1. The van der Waals surface area contributed by atoms with Crippen LogP contribution in [0.2, 0.25) is 0 Å². The van der Waals surface area contributed by atoms with Crippen molar-refractivity contribution in [2.75, 3.05) is 0 Å². The summed E-state index contributed by atoms with van der Waals surface area (Å²) in [7, 11) is 0. The van der Waals surface area contributed by atoms with Crippen molar-refractivity contribution in [2.24, 2.45) is 0 Å². The predicted octanol–water partition coefficient (Wildman–Crippen LogP) is 4.10. The number of aryl methyl sites for hydroxylation is 1. The normalized spacial score (nSPS) is 9.62. The van der Waals surface area contributed by atoms with Crippen molar-refractivity contribution in [1.82, 2.24) is 20.2 Å². The number of aromatic nitrogens is 4. The molecule has 0 aliphatic carbocycles. The van der Waals surface area contributed by atoms with Gasteiger partial charge in [0, 0.05) is 5.69 Å². The van der Waals surface area contributed by atoms with Gasteiger partial charge in [0.15, 0.2) is 11.5 Å². The molecule has 0 aliphatic rings. The molecule has 21 heavy (non-hydrogen) atoms. The maximum Gasteiger partial charge on any atom is 0.343 e. The number of H-pyrrole nitrogens is 2. The zero-order valence-corrected chi connectivity index (χ0v) is 13.4. The first-order valence-corrected chi connectivity index (χ1v) is 7.01. The van der Waals surface area contributed by atoms with Gasteiger partial charge in [0.1, 0.15) is 0 Å². The number of hydrogen-bond acceptors (Lipinski definition) is 4. The molecule has 0 atom stereocenters. The molecule has 0 fully saturated rings. The first kappa shape index (κ1) is 18.6. The fraction of sp³-hybridized carbons (Fsp3) is 0.429. The summed E-state index contributed by atoms with van der Waals surface area (Å²) in [6, 6.07) is 1.34. The molecule has 0 radical (unpaired) electrons. The smallest absolute Gasteiger partial charge is 0.343 e. The molecule has 0 spiro atoms. The number of imidazole rings is 1. The van der Waals surface area contributed by atoms with E-state index in [0.717, 1.165) is 11.4 Å². The van der Waals surface area contributed by atoms with E-state index < -0.39 is 4.92 Å². The Balaban J connectivity index is 0.000000921. The minimum atomic E-state index is -0.529. The summed E-state index contributed by atoms with van der Waals surface area (Å²) >= 11 is 0. The second kappa shape index (κ2) is 9.46. The Morgan fingerprint density at radius 1 is 1.29 bits per heavy atom. The number of allylic oxidation sites excluding steroid dienone is 1. The highest BCUT2D eigenvalue weighted by molar-refractivity contribution is 5.57. The van der Waals surface area contributed by atoms with Crippen LogP contribution in [0.4, 0.5) is 5.82 Å². The quantitative estimate of drug-likeness (QED) is 0.657. The van der Waals surface area contributed by atoms with E-state index in [1.807, 2.05) is 53.7 Å². The fourth-order valence-electron chi connectivity index (χ4n) is 1.44. The minimum Gasteiger partial charge on any atom is -0.358 e. The molecule has 116 valence electrons. The van der Waals surface area contributed by atoms with Crippen molar-refractivity contribution >= 4 is 11.9 Å². The van der Waals surface area contributed by atoms with Gasteiger partial charge in [-0.3, -0.25) is 0 Å². The molecule has 0 aliphatic heterocycles. The molecule has 0 saturated heterocycles. The zero-order valence-electron chi connectivity index (χ0n) is 13.4. The van der Waals surface area contributed by atoms with E-state index >= 15 is 0 Å². The summed E-state index contributed by atoms with van der Waals surface area (Å²) < 4.78 is 0. The number of rotatable bonds is 3. The highest BCUT2D eigenvalue weighted by Gasteiger charge is 2.14. The van der Waals surface area contributed by atoms with Crippen molar-refractivity contribution < 1.29 is 4.92 Å². The van der Waals surface area contributed by atoms with E-state index in [4.69, 9.17) is 0 Å². The summed E-state index contributed by atoms with van der Waals surface area (Å²) in [6.45, 7) is 11.8. The Kier molecular flexibility index (Phi) is 8.36. The lowest BCUT2D eigenvalue weighted by molar-refractivity contribution is -0.389. The van der Waals surface area contributed by atoms with E-state index in [0.29, 0.717) is 11.5 Å². The van der Waals surface area contributed by atoms with E-state index in [2.05, 4.69) is 20.2 Å². The average Bonchev–Trinajstić information content (AvgIpc) is 3.11. The molecule has 2 heterocycles. The van der Waals surface area contributed by atoms with Crippen LogP contribution in [-0.4, -0.2) is 25.1 Å². The molecular formula is C14H23N5O2. The van der Waals surface area contributed by atoms with Crippen LogP contribution in [0.3, 0.4) is 0 Å². The number of hydrogen-bond donors (Lipinski definition) is 2. The summed E-state index contributed by atoms with van der Waals surface area (Å²) in [4.78, 5) is 17.3. The van der Waals surface area contributed by atoms with Crippen molar-refractivity contribution in [3.05, 3.63) is 33.6 Å². The Labute approximate surface area is 124 Å². The van der Waals surface area contributed by atoms with Gasteiger partial charge in [-0.1, -0.05) is 38.9 Å². The fourth-order valence-corrected chi connectivity index (χ4v) is 1.44. The zero-order chi connectivity index (χ0) is 16.4. The highest BCUT2D eigenvalue weighted by atomic mass is 16.6. The molecule has 0 bridgehead atoms. The summed E-state index contributed by atoms with van der Waals surface area (Å²) in [5.74, 6) is 0.363. The third kappa shape index (κ3) is 4.87. The van der Waals surface area contributed by atoms with Gasteiger partial charge in [0.25, 0.3) is 0 Å². The second-order valence-corrected chi connectivity index (χ2v) is 3.49. The van der Waals surface area contributed by atoms with Crippen LogP contribution in [0, 0.1) is 17.0 Å². The maximum atomic E-state index is 10.5. The largest absolute Gasteiger partial charge is 0.358 e. The van der Waals surface area contributed by atoms with Crippen LogP contribution in [-0.2, 0) is 0 Å². The van der Waals surface area contributed by atoms with Crippen LogP contribution in [0.1, 0.15) is 46.0 Å². The molecule has 2 aromatic rings. The lowest BCUT2D eigenvalue weighted by atomic mass is 10.3. The topological polar surface area (TPSA) is 100 Å². The molecule has 0 aromatic carbocycles. The van der Waals surface area contributed by atoms with Gasteiger partial charge in [-0.2, -0.15) is 0 Å². The Hall–Kier alpha value is -2.44. The van der Waals surface area contributed by atoms with Crippen LogP contribution < -0.4 is 0 Å². The van der Waals surface area contributed by atoms with Crippen molar-refractivity contribution in [1.29, 1.82) is 0 Å². The first-order valence-electron chi connectivity index (χ1n) is 7.01. The molecule has 0 saturated carbocycles. The van der Waals surface area contributed by atoms with E-state index in [9.17, 15) is 10.1 Å². The van der Waals surface area contributed by atoms with Gasteiger partial charge < -0.3 is 15.1 Å². The van der Waals surface area contributed by atoms with Crippen LogP contribution >= 0.6 is 0 Å². The van der Waals surface area contributed by atoms with E-state index in [1.165, 1.54) is 6.07 Å². The summed E-state index contributed by atoms with van der Waals surface area (Å²) in [5.41, 5.74) is 2.12. The van der Waals surface area contributed by atoms with E-state index in [-0.39, 0.29) is 5.82 Å². The molecule has 2 N–H and O–H groups in total. The van der Waals surface area contributed by atoms with Gasteiger partial charge in [-0.25, -0.2) is 4.98 Å². The highest BCUT2D eigenvalue weighted by Crippen LogP contribution is 2.20. The van der Waals surface area contributed by atoms with Crippen molar-refractivity contribution in [3.63, 3.8) is 0 Å². The molecule has 0 unspecified atom stereocenters. The monoisotopic (exact) mass is 293 g/mol. The van der Waals surface area contributed by atoms with Gasteiger partial charge >= 0.3 is 5.82 Å². The first-order chi connectivity index (χ1) is 10.1. The molecule has 7 heteroatoms. The molecule has 2 aromatic heterocycles.